The number of rotatable bonds is 4. The van der Waals surface area contributed by atoms with Gasteiger partial charge in [0.05, 0.1) is 10.4 Å². The number of benzene rings is 1. The van der Waals surface area contributed by atoms with Crippen molar-refractivity contribution < 1.29 is 19.4 Å². The molecule has 1 aliphatic heterocycles. The zero-order valence-corrected chi connectivity index (χ0v) is 13.4. The number of carbonyl (C=O) groups is 2. The van der Waals surface area contributed by atoms with E-state index in [2.05, 4.69) is 15.9 Å². The van der Waals surface area contributed by atoms with Gasteiger partial charge in [-0.05, 0) is 53.4 Å². The first-order valence-corrected chi connectivity index (χ1v) is 7.66. The molecule has 1 fully saturated rings. The van der Waals surface area contributed by atoms with Gasteiger partial charge in [-0.25, -0.2) is 0 Å². The number of hydrogen-bond donors (Lipinski definition) is 1. The molecule has 0 bridgehead atoms. The van der Waals surface area contributed by atoms with Crippen LogP contribution < -0.4 is 4.74 Å². The first-order chi connectivity index (χ1) is 9.97. The van der Waals surface area contributed by atoms with Gasteiger partial charge < -0.3 is 14.7 Å². The Morgan fingerprint density at radius 1 is 1.48 bits per heavy atom. The Balaban J connectivity index is 1.90. The average Bonchev–Trinajstić information content (AvgIpc) is 2.46. The summed E-state index contributed by atoms with van der Waals surface area (Å²) in [4.78, 5) is 24.7. The molecule has 1 heterocycles. The minimum Gasteiger partial charge on any atom is -0.483 e. The second-order valence-electron chi connectivity index (χ2n) is 5.24. The number of aliphatic carboxylic acids is 1. The molecule has 0 aliphatic carbocycles. The number of carboxylic acid groups (broad SMARTS) is 1. The molecule has 1 amide bonds. The molecule has 1 aromatic carbocycles. The highest BCUT2D eigenvalue weighted by molar-refractivity contribution is 9.10. The van der Waals surface area contributed by atoms with E-state index in [0.29, 0.717) is 18.7 Å². The zero-order valence-electron chi connectivity index (χ0n) is 11.8. The third-order valence-electron chi connectivity index (χ3n) is 3.56. The van der Waals surface area contributed by atoms with Crippen LogP contribution in [0.5, 0.6) is 5.75 Å². The molecule has 0 aromatic heterocycles. The topological polar surface area (TPSA) is 66.8 Å². The Hall–Kier alpha value is -1.56. The first kappa shape index (κ1) is 15.8. The first-order valence-electron chi connectivity index (χ1n) is 6.87. The molecule has 6 heteroatoms. The van der Waals surface area contributed by atoms with Gasteiger partial charge in [-0.15, -0.1) is 0 Å². The van der Waals surface area contributed by atoms with Gasteiger partial charge in [0, 0.05) is 13.1 Å². The number of halogens is 1. The summed E-state index contributed by atoms with van der Waals surface area (Å²) >= 11 is 3.39. The molecule has 0 unspecified atom stereocenters. The largest absolute Gasteiger partial charge is 0.483 e. The van der Waals surface area contributed by atoms with Crippen LogP contribution in [0.3, 0.4) is 0 Å². The van der Waals surface area contributed by atoms with Gasteiger partial charge >= 0.3 is 5.97 Å². The number of ether oxygens (including phenoxy) is 1. The van der Waals surface area contributed by atoms with Crippen LogP contribution in [-0.4, -0.2) is 41.6 Å². The van der Waals surface area contributed by atoms with Gasteiger partial charge in [-0.3, -0.25) is 9.59 Å². The zero-order chi connectivity index (χ0) is 15.4. The fourth-order valence-corrected chi connectivity index (χ4v) is 2.97. The average molecular weight is 356 g/mol. The normalized spacial score (nSPS) is 18.4. The highest BCUT2D eigenvalue weighted by Crippen LogP contribution is 2.26. The lowest BCUT2D eigenvalue weighted by atomic mass is 9.98. The number of amides is 1. The van der Waals surface area contributed by atoms with Crippen molar-refractivity contribution in [1.29, 1.82) is 0 Å². The maximum absolute atomic E-state index is 12.1. The molecule has 114 valence electrons. The molecule has 21 heavy (non-hydrogen) atoms. The van der Waals surface area contributed by atoms with Crippen LogP contribution in [0.25, 0.3) is 0 Å². The summed E-state index contributed by atoms with van der Waals surface area (Å²) in [6, 6.07) is 5.63. The number of piperidine rings is 1. The van der Waals surface area contributed by atoms with Crippen molar-refractivity contribution in [3.8, 4) is 5.75 Å². The van der Waals surface area contributed by atoms with Crippen molar-refractivity contribution in [1.82, 2.24) is 4.90 Å². The summed E-state index contributed by atoms with van der Waals surface area (Å²) in [7, 11) is 0. The minimum atomic E-state index is -0.838. The lowest BCUT2D eigenvalue weighted by Gasteiger charge is -2.30. The lowest BCUT2D eigenvalue weighted by molar-refractivity contribution is -0.146. The quantitative estimate of drug-likeness (QED) is 0.900. The van der Waals surface area contributed by atoms with Crippen molar-refractivity contribution in [2.45, 2.75) is 19.8 Å². The van der Waals surface area contributed by atoms with Gasteiger partial charge in [0.25, 0.3) is 5.91 Å². The SMILES string of the molecule is Cc1ccc(OCC(=O)N2CCC[C@@H](C(=O)O)C2)c(Br)c1. The van der Waals surface area contributed by atoms with E-state index in [1.54, 1.807) is 4.90 Å². The van der Waals surface area contributed by atoms with Gasteiger partial charge in [0.2, 0.25) is 0 Å². The highest BCUT2D eigenvalue weighted by Gasteiger charge is 2.28. The Morgan fingerprint density at radius 3 is 2.90 bits per heavy atom. The monoisotopic (exact) mass is 355 g/mol. The maximum Gasteiger partial charge on any atom is 0.308 e. The number of likely N-dealkylation sites (tertiary alicyclic amines) is 1. The third kappa shape index (κ3) is 4.20. The van der Waals surface area contributed by atoms with E-state index in [-0.39, 0.29) is 19.1 Å². The molecule has 1 aromatic rings. The fraction of sp³-hybridized carbons (Fsp3) is 0.467. The molecule has 1 aliphatic rings. The molecular weight excluding hydrogens is 338 g/mol. The molecule has 1 saturated heterocycles. The van der Waals surface area contributed by atoms with Crippen LogP contribution in [0.2, 0.25) is 0 Å². The van der Waals surface area contributed by atoms with Gasteiger partial charge in [0.15, 0.2) is 6.61 Å². The number of carbonyl (C=O) groups excluding carboxylic acids is 1. The molecule has 1 atom stereocenters. The number of nitrogens with zero attached hydrogens (tertiary/aromatic N) is 1. The van der Waals surface area contributed by atoms with Crippen LogP contribution >= 0.6 is 15.9 Å². The summed E-state index contributed by atoms with van der Waals surface area (Å²) in [5.74, 6) is -0.863. The molecule has 0 saturated carbocycles. The van der Waals surface area contributed by atoms with Crippen LogP contribution in [0.1, 0.15) is 18.4 Å². The molecule has 0 spiro atoms. The van der Waals surface area contributed by atoms with E-state index < -0.39 is 11.9 Å². The Bertz CT molecular complexity index is 546. The van der Waals surface area contributed by atoms with Gasteiger partial charge in [-0.2, -0.15) is 0 Å². The summed E-state index contributed by atoms with van der Waals surface area (Å²) in [6.45, 7) is 2.76. The van der Waals surface area contributed by atoms with Crippen LogP contribution in [0.4, 0.5) is 0 Å². The van der Waals surface area contributed by atoms with Crippen molar-refractivity contribution in [2.24, 2.45) is 5.92 Å². The second-order valence-corrected chi connectivity index (χ2v) is 6.09. The van der Waals surface area contributed by atoms with Crippen molar-refractivity contribution >= 4 is 27.8 Å². The summed E-state index contributed by atoms with van der Waals surface area (Å²) in [5, 5.41) is 9.03. The Kier molecular flexibility index (Phi) is 5.22. The number of carboxylic acids is 1. The summed E-state index contributed by atoms with van der Waals surface area (Å²) < 4.78 is 6.32. The Labute approximate surface area is 132 Å². The molecule has 0 radical (unpaired) electrons. The minimum absolute atomic E-state index is 0.0754. The summed E-state index contributed by atoms with van der Waals surface area (Å²) in [5.41, 5.74) is 1.10. The highest BCUT2D eigenvalue weighted by atomic mass is 79.9. The second kappa shape index (κ2) is 6.93. The van der Waals surface area contributed by atoms with E-state index >= 15 is 0 Å². The summed E-state index contributed by atoms with van der Waals surface area (Å²) in [6.07, 6.45) is 1.35. The van der Waals surface area contributed by atoms with Gasteiger partial charge in [-0.1, -0.05) is 6.07 Å². The van der Waals surface area contributed by atoms with Crippen molar-refractivity contribution in [3.63, 3.8) is 0 Å². The van der Waals surface area contributed by atoms with Crippen LogP contribution in [0.15, 0.2) is 22.7 Å². The van der Waals surface area contributed by atoms with Crippen molar-refractivity contribution in [3.05, 3.63) is 28.2 Å². The van der Waals surface area contributed by atoms with Crippen LogP contribution in [-0.2, 0) is 9.59 Å². The molecular formula is C15H18BrNO4. The smallest absolute Gasteiger partial charge is 0.308 e. The third-order valence-corrected chi connectivity index (χ3v) is 4.18. The van der Waals surface area contributed by atoms with E-state index in [0.717, 1.165) is 16.5 Å². The van der Waals surface area contributed by atoms with E-state index in [1.165, 1.54) is 0 Å². The number of aryl methyl sites for hydroxylation is 1. The molecule has 2 rings (SSSR count). The van der Waals surface area contributed by atoms with E-state index in [4.69, 9.17) is 9.84 Å². The number of hydrogen-bond acceptors (Lipinski definition) is 3. The lowest BCUT2D eigenvalue weighted by Crippen LogP contribution is -2.44. The molecule has 1 N–H and O–H groups in total. The van der Waals surface area contributed by atoms with Crippen molar-refractivity contribution in [2.75, 3.05) is 19.7 Å². The van der Waals surface area contributed by atoms with E-state index in [9.17, 15) is 9.59 Å². The fourth-order valence-electron chi connectivity index (χ4n) is 2.36. The van der Waals surface area contributed by atoms with Gasteiger partial charge in [0.1, 0.15) is 5.75 Å². The van der Waals surface area contributed by atoms with Crippen LogP contribution in [0, 0.1) is 12.8 Å². The molecule has 5 nitrogen and oxygen atoms in total. The standard InChI is InChI=1S/C15H18BrNO4/c1-10-4-5-13(12(16)7-10)21-9-14(18)17-6-2-3-11(8-17)15(19)20/h4-5,7,11H,2-3,6,8-9H2,1H3,(H,19,20)/t11-/m1/s1. The Morgan fingerprint density at radius 2 is 2.24 bits per heavy atom. The predicted octanol–water partition coefficient (Wildman–Crippen LogP) is 2.46. The predicted molar refractivity (Wildman–Crippen MR) is 81.3 cm³/mol. The maximum atomic E-state index is 12.1. The van der Waals surface area contributed by atoms with E-state index in [1.807, 2.05) is 25.1 Å².